The minimum Gasteiger partial charge on any atom is -0.375 e. The molecule has 0 N–H and O–H groups in total. The molecule has 3 heterocycles. The molecule has 7 aromatic carbocycles. The first-order valence-electron chi connectivity index (χ1n) is 22.4. The van der Waals surface area contributed by atoms with Gasteiger partial charge in [0.05, 0.1) is 0 Å². The second-order valence-corrected chi connectivity index (χ2v) is 21.9. The lowest BCUT2D eigenvalue weighted by Crippen LogP contribution is -2.56. The summed E-state index contributed by atoms with van der Waals surface area (Å²) in [5.41, 5.74) is 17.3. The molecule has 0 bridgehead atoms. The second-order valence-electron chi connectivity index (χ2n) is 21.9. The van der Waals surface area contributed by atoms with Crippen LogP contribution in [0.2, 0.25) is 0 Å². The van der Waals surface area contributed by atoms with Crippen LogP contribution >= 0.6 is 0 Å². The minimum absolute atomic E-state index is 0.000297. The third kappa shape index (κ3) is 6.71. The first kappa shape index (κ1) is 40.8. The van der Waals surface area contributed by atoms with Gasteiger partial charge in [-0.25, -0.2) is 0 Å². The zero-order valence-corrected chi connectivity index (χ0v) is 39.1. The second kappa shape index (κ2) is 14.0. The van der Waals surface area contributed by atoms with Crippen LogP contribution < -0.4 is 15.8 Å². The van der Waals surface area contributed by atoms with Crippen molar-refractivity contribution < 1.29 is 0 Å². The van der Waals surface area contributed by atoms with E-state index in [0.717, 1.165) is 0 Å². The summed E-state index contributed by atoms with van der Waals surface area (Å²) in [5, 5.41) is 7.81. The quantitative estimate of drug-likeness (QED) is 0.0912. The number of rotatable bonds is 1. The van der Waals surface area contributed by atoms with E-state index >= 15 is 0 Å². The van der Waals surface area contributed by atoms with Gasteiger partial charge in [0.15, 0.2) is 0 Å². The maximum absolute atomic E-state index is 2.72. The largest absolute Gasteiger partial charge is 0.375 e. The molecule has 0 unspecified atom stereocenters. The highest BCUT2D eigenvalue weighted by Gasteiger charge is 2.43. The molecule has 2 aliphatic rings. The SMILES string of the molecule is C/C=C\C.CC(C)(C)c1cc(N2c3cc4cc5ccccc5cc4cc3B3c4c(cccc42)-c2cc(C(C)(C)C)cc4c5cc(C(C)(C)C)ccc5n3c24)cc(C(C)(C)C)c1. The van der Waals surface area contributed by atoms with Crippen molar-refractivity contribution in [1.29, 1.82) is 0 Å². The number of fused-ring (bicyclic) bond motifs is 9. The Morgan fingerprint density at radius 3 is 1.57 bits per heavy atom. The van der Waals surface area contributed by atoms with E-state index in [4.69, 9.17) is 0 Å². The molecule has 0 fully saturated rings. The van der Waals surface area contributed by atoms with E-state index in [2.05, 4.69) is 208 Å². The molecular formula is C58H63BN2. The number of nitrogens with zero attached hydrogens (tertiary/aromatic N) is 2. The smallest absolute Gasteiger partial charge is 0.333 e. The molecule has 2 nitrogen and oxygen atoms in total. The van der Waals surface area contributed by atoms with Crippen molar-refractivity contribution in [3.63, 3.8) is 0 Å². The van der Waals surface area contributed by atoms with E-state index in [1.165, 1.54) is 105 Å². The predicted molar refractivity (Wildman–Crippen MR) is 270 cm³/mol. The van der Waals surface area contributed by atoms with Crippen LogP contribution in [-0.4, -0.2) is 11.3 Å². The Morgan fingerprint density at radius 1 is 0.443 bits per heavy atom. The predicted octanol–water partition coefficient (Wildman–Crippen LogP) is 15.3. The van der Waals surface area contributed by atoms with Crippen molar-refractivity contribution in [1.82, 2.24) is 4.48 Å². The van der Waals surface area contributed by atoms with Crippen molar-refractivity contribution >= 4 is 78.2 Å². The number of benzene rings is 7. The first-order valence-corrected chi connectivity index (χ1v) is 22.4. The fraction of sp³-hybridized carbons (Fsp3) is 0.310. The molecule has 308 valence electrons. The van der Waals surface area contributed by atoms with E-state index in [-0.39, 0.29) is 28.5 Å². The first-order chi connectivity index (χ1) is 28.7. The topological polar surface area (TPSA) is 8.17 Å². The van der Waals surface area contributed by atoms with Gasteiger partial charge in [-0.3, -0.25) is 0 Å². The van der Waals surface area contributed by atoms with Gasteiger partial charge in [0.1, 0.15) is 0 Å². The lowest BCUT2D eigenvalue weighted by molar-refractivity contribution is 0.569. The van der Waals surface area contributed by atoms with Crippen LogP contribution in [0, 0.1) is 0 Å². The van der Waals surface area contributed by atoms with Crippen LogP contribution in [0.25, 0.3) is 54.5 Å². The van der Waals surface area contributed by atoms with Crippen LogP contribution in [0.4, 0.5) is 17.1 Å². The lowest BCUT2D eigenvalue weighted by Gasteiger charge is -2.41. The van der Waals surface area contributed by atoms with Gasteiger partial charge in [-0.2, -0.15) is 0 Å². The van der Waals surface area contributed by atoms with Gasteiger partial charge >= 0.3 is 6.85 Å². The molecule has 2 aliphatic heterocycles. The maximum atomic E-state index is 2.72. The van der Waals surface area contributed by atoms with Crippen molar-refractivity contribution in [3.05, 3.63) is 150 Å². The Hall–Kier alpha value is -5.54. The minimum atomic E-state index is -0.0144. The molecular weight excluding hydrogens is 735 g/mol. The van der Waals surface area contributed by atoms with Gasteiger partial charge in [0, 0.05) is 44.4 Å². The number of hydrogen-bond donors (Lipinski definition) is 0. The van der Waals surface area contributed by atoms with E-state index in [1.54, 1.807) is 0 Å². The third-order valence-corrected chi connectivity index (χ3v) is 13.4. The van der Waals surface area contributed by atoms with E-state index < -0.39 is 0 Å². The molecule has 1 aromatic heterocycles. The summed E-state index contributed by atoms with van der Waals surface area (Å²) in [5.74, 6) is 0. The van der Waals surface area contributed by atoms with Gasteiger partial charge in [-0.05, 0) is 156 Å². The third-order valence-electron chi connectivity index (χ3n) is 13.4. The molecule has 0 saturated carbocycles. The summed E-state index contributed by atoms with van der Waals surface area (Å²) < 4.78 is 2.72. The number of hydrogen-bond acceptors (Lipinski definition) is 1. The summed E-state index contributed by atoms with van der Waals surface area (Å²) >= 11 is 0. The van der Waals surface area contributed by atoms with Crippen LogP contribution in [0.1, 0.15) is 119 Å². The van der Waals surface area contributed by atoms with Crippen molar-refractivity contribution in [3.8, 4) is 11.1 Å². The van der Waals surface area contributed by atoms with Crippen molar-refractivity contribution in [2.45, 2.75) is 119 Å². The number of aromatic nitrogens is 1. The fourth-order valence-corrected chi connectivity index (χ4v) is 9.67. The summed E-state index contributed by atoms with van der Waals surface area (Å²) in [6.07, 6.45) is 4.00. The van der Waals surface area contributed by atoms with E-state index in [9.17, 15) is 0 Å². The molecule has 10 rings (SSSR count). The Bertz CT molecular complexity index is 3050. The Morgan fingerprint density at radius 2 is 1.00 bits per heavy atom. The Kier molecular flexibility index (Phi) is 9.37. The van der Waals surface area contributed by atoms with Gasteiger partial charge in [-0.15, -0.1) is 0 Å². The molecule has 0 atom stereocenters. The molecule has 0 radical (unpaired) electrons. The molecule has 0 saturated heterocycles. The van der Waals surface area contributed by atoms with Crippen LogP contribution in [0.15, 0.2) is 127 Å². The summed E-state index contributed by atoms with van der Waals surface area (Å²) in [6, 6.07) is 45.4. The zero-order valence-electron chi connectivity index (χ0n) is 39.1. The average molecular weight is 799 g/mol. The van der Waals surface area contributed by atoms with Crippen molar-refractivity contribution in [2.24, 2.45) is 0 Å². The fourth-order valence-electron chi connectivity index (χ4n) is 9.67. The molecule has 0 aliphatic carbocycles. The molecule has 61 heavy (non-hydrogen) atoms. The Balaban J connectivity index is 0.00000114. The standard InChI is InChI=1S/C54H55BN2.C4H8/c1-51(2,3)36-20-21-46-42(29-36)44-31-39(54(10,11)12)30-43-41-18-15-19-47-49(41)55(57(46)50(43)44)45-24-34-22-32-16-13-14-17-33(32)23-35(34)25-48(45)56(47)40-27-37(52(4,5)6)26-38(28-40)53(7,8)9;1-3-4-2/h13-31H,1-12H3;3-4H,1-2H3/b;4-3-. The van der Waals surface area contributed by atoms with E-state index in [1.807, 2.05) is 26.0 Å². The van der Waals surface area contributed by atoms with Gasteiger partial charge in [-0.1, -0.05) is 150 Å². The van der Waals surface area contributed by atoms with Gasteiger partial charge in [0.2, 0.25) is 0 Å². The summed E-state index contributed by atoms with van der Waals surface area (Å²) in [6.45, 7) is 32.1. The van der Waals surface area contributed by atoms with Gasteiger partial charge in [0.25, 0.3) is 0 Å². The molecule has 0 amide bonds. The van der Waals surface area contributed by atoms with Crippen LogP contribution in [0.3, 0.4) is 0 Å². The normalized spacial score (nSPS) is 13.9. The summed E-state index contributed by atoms with van der Waals surface area (Å²) in [7, 11) is 0. The van der Waals surface area contributed by atoms with Crippen LogP contribution in [-0.2, 0) is 21.7 Å². The van der Waals surface area contributed by atoms with Crippen LogP contribution in [0.5, 0.6) is 0 Å². The van der Waals surface area contributed by atoms with Crippen molar-refractivity contribution in [2.75, 3.05) is 4.90 Å². The average Bonchev–Trinajstić information content (AvgIpc) is 3.53. The highest BCUT2D eigenvalue weighted by molar-refractivity contribution is 6.90. The maximum Gasteiger partial charge on any atom is 0.333 e. The molecule has 8 aromatic rings. The highest BCUT2D eigenvalue weighted by Crippen LogP contribution is 2.48. The number of anilines is 3. The lowest BCUT2D eigenvalue weighted by atomic mass is 9.45. The molecule has 0 spiro atoms. The Labute approximate surface area is 365 Å². The number of allylic oxidation sites excluding steroid dienone is 2. The highest BCUT2D eigenvalue weighted by atomic mass is 15.2. The van der Waals surface area contributed by atoms with Gasteiger partial charge < -0.3 is 9.38 Å². The monoisotopic (exact) mass is 799 g/mol. The zero-order chi connectivity index (χ0) is 43.6. The molecule has 3 heteroatoms. The van der Waals surface area contributed by atoms with E-state index in [0.29, 0.717) is 0 Å². The summed E-state index contributed by atoms with van der Waals surface area (Å²) in [4.78, 5) is 2.61.